The van der Waals surface area contributed by atoms with Crippen molar-refractivity contribution >= 4 is 59.0 Å². The summed E-state index contributed by atoms with van der Waals surface area (Å²) in [5.74, 6) is -2.66. The fourth-order valence-corrected chi connectivity index (χ4v) is 5.08. The van der Waals surface area contributed by atoms with Gasteiger partial charge in [0.2, 0.25) is 35.4 Å². The molecule has 0 saturated carbocycles. The zero-order valence-electron chi connectivity index (χ0n) is 26.7. The Morgan fingerprint density at radius 2 is 1.31 bits per heavy atom. The Morgan fingerprint density at radius 1 is 0.756 bits per heavy atom. The molecule has 9 N–H and O–H groups in total. The van der Waals surface area contributed by atoms with Crippen LogP contribution in [0.3, 0.4) is 0 Å². The fourth-order valence-electron chi connectivity index (χ4n) is 4.14. The van der Waals surface area contributed by atoms with Gasteiger partial charge in [0.25, 0.3) is 0 Å². The van der Waals surface area contributed by atoms with Crippen molar-refractivity contribution in [1.29, 1.82) is 0 Å². The molecule has 0 saturated heterocycles. The normalized spacial score (nSPS) is 14.9. The first-order chi connectivity index (χ1) is 21.3. The molecule has 1 aromatic rings. The van der Waals surface area contributed by atoms with Gasteiger partial charge in [-0.25, -0.2) is 0 Å². The minimum atomic E-state index is -1.01. The van der Waals surface area contributed by atoms with Crippen molar-refractivity contribution < 1.29 is 28.8 Å². The van der Waals surface area contributed by atoms with Gasteiger partial charge in [-0.2, -0.15) is 23.5 Å². The van der Waals surface area contributed by atoms with Crippen LogP contribution in [0.25, 0.3) is 0 Å². The summed E-state index contributed by atoms with van der Waals surface area (Å²) in [4.78, 5) is 76.6. The van der Waals surface area contributed by atoms with Gasteiger partial charge in [0.05, 0.1) is 12.6 Å². The Bertz CT molecular complexity index is 1130. The third kappa shape index (κ3) is 15.0. The molecule has 6 amide bonds. The first-order valence-electron chi connectivity index (χ1n) is 14.9. The first kappa shape index (κ1) is 39.7. The minimum absolute atomic E-state index is 0.176. The number of nitrogens with one attached hydrogen (secondary N) is 5. The van der Waals surface area contributed by atoms with Crippen LogP contribution in [-0.2, 0) is 35.2 Å². The highest BCUT2D eigenvalue weighted by molar-refractivity contribution is 7.98. The maximum Gasteiger partial charge on any atom is 0.243 e. The quantitative estimate of drug-likeness (QED) is 0.0913. The van der Waals surface area contributed by atoms with E-state index in [-0.39, 0.29) is 12.3 Å². The third-order valence-electron chi connectivity index (χ3n) is 7.08. The van der Waals surface area contributed by atoms with Crippen LogP contribution >= 0.6 is 23.5 Å². The molecular weight excluding hydrogens is 619 g/mol. The molecule has 0 spiro atoms. The van der Waals surface area contributed by atoms with Crippen LogP contribution in [0.1, 0.15) is 45.6 Å². The average molecular weight is 668 g/mol. The number of nitrogens with two attached hydrogens (primary N) is 2. The molecule has 0 fully saturated rings. The lowest BCUT2D eigenvalue weighted by Crippen LogP contribution is -2.58. The standard InChI is InChI=1S/C30H49N7O6S2/c1-6-18(2)25(37-29(42)23(36-27(40)19(3)31)16-20-10-8-7-9-11-20)30(43)33-17-24(38)34-22(13-15-45-5)28(41)35-21(26(32)39)12-14-44-4/h7-11,18-19,21-23,25H,6,12-17,31H2,1-5H3,(H2,32,39)(H,33,43)(H,34,38)(H,35,41)(H,36,40)(H,37,42)/t18?,19-,21-,22-,23-,25-/m0/s1. The van der Waals surface area contributed by atoms with Crippen LogP contribution in [0.5, 0.6) is 0 Å². The molecule has 1 rings (SSSR count). The van der Waals surface area contributed by atoms with Crippen molar-refractivity contribution in [3.8, 4) is 0 Å². The number of hydrogen-bond acceptors (Lipinski definition) is 9. The van der Waals surface area contributed by atoms with E-state index in [0.29, 0.717) is 30.8 Å². The van der Waals surface area contributed by atoms with E-state index < -0.39 is 72.2 Å². The average Bonchev–Trinajstić information content (AvgIpc) is 3.01. The molecule has 0 aliphatic rings. The Hall–Kier alpha value is -3.30. The molecule has 0 aromatic heterocycles. The Kier molecular flexibility index (Phi) is 18.9. The Morgan fingerprint density at radius 3 is 1.84 bits per heavy atom. The fraction of sp³-hybridized carbons (Fsp3) is 0.600. The molecule has 6 atom stereocenters. The molecule has 0 radical (unpaired) electrons. The predicted molar refractivity (Wildman–Crippen MR) is 179 cm³/mol. The zero-order chi connectivity index (χ0) is 33.9. The molecule has 252 valence electrons. The molecule has 15 heteroatoms. The van der Waals surface area contributed by atoms with Gasteiger partial charge in [-0.15, -0.1) is 0 Å². The lowest BCUT2D eigenvalue weighted by molar-refractivity contribution is -0.134. The van der Waals surface area contributed by atoms with Crippen LogP contribution < -0.4 is 38.1 Å². The first-order valence-corrected chi connectivity index (χ1v) is 17.7. The van der Waals surface area contributed by atoms with Crippen molar-refractivity contribution in [2.45, 2.75) is 76.7 Å². The number of primary amides is 1. The van der Waals surface area contributed by atoms with E-state index in [1.165, 1.54) is 30.4 Å². The maximum atomic E-state index is 13.4. The van der Waals surface area contributed by atoms with E-state index in [4.69, 9.17) is 11.5 Å². The third-order valence-corrected chi connectivity index (χ3v) is 8.37. The molecule has 0 aliphatic heterocycles. The van der Waals surface area contributed by atoms with Crippen LogP contribution in [-0.4, -0.2) is 96.2 Å². The molecular formula is C30H49N7O6S2. The van der Waals surface area contributed by atoms with Gasteiger partial charge >= 0.3 is 0 Å². The van der Waals surface area contributed by atoms with Crippen molar-refractivity contribution in [3.05, 3.63) is 35.9 Å². The van der Waals surface area contributed by atoms with Gasteiger partial charge in [0, 0.05) is 6.42 Å². The number of rotatable bonds is 21. The van der Waals surface area contributed by atoms with Gasteiger partial charge in [-0.1, -0.05) is 50.6 Å². The molecule has 13 nitrogen and oxygen atoms in total. The van der Waals surface area contributed by atoms with Crippen LogP contribution in [0.2, 0.25) is 0 Å². The Balaban J connectivity index is 2.96. The lowest BCUT2D eigenvalue weighted by Gasteiger charge is -2.27. The topological polar surface area (TPSA) is 215 Å². The second kappa shape index (κ2) is 21.4. The number of thioether (sulfide) groups is 2. The monoisotopic (exact) mass is 667 g/mol. The van der Waals surface area contributed by atoms with Crippen molar-refractivity contribution in [1.82, 2.24) is 26.6 Å². The summed E-state index contributed by atoms with van der Waals surface area (Å²) in [5.41, 5.74) is 12.0. The highest BCUT2D eigenvalue weighted by Gasteiger charge is 2.31. The van der Waals surface area contributed by atoms with Crippen molar-refractivity contribution in [2.24, 2.45) is 17.4 Å². The number of hydrogen-bond donors (Lipinski definition) is 7. The number of amides is 6. The van der Waals surface area contributed by atoms with Gasteiger partial charge in [-0.05, 0) is 55.3 Å². The second-order valence-corrected chi connectivity index (χ2v) is 12.7. The summed E-state index contributed by atoms with van der Waals surface area (Å²) >= 11 is 2.99. The van der Waals surface area contributed by atoms with E-state index in [0.717, 1.165) is 5.56 Å². The summed E-state index contributed by atoms with van der Waals surface area (Å²) in [6.07, 6.45) is 5.09. The lowest BCUT2D eigenvalue weighted by atomic mass is 9.97. The molecule has 0 heterocycles. The summed E-state index contributed by atoms with van der Waals surface area (Å²) < 4.78 is 0. The van der Waals surface area contributed by atoms with Gasteiger partial charge in [-0.3, -0.25) is 28.8 Å². The number of carbonyl (C=O) groups is 6. The highest BCUT2D eigenvalue weighted by Crippen LogP contribution is 2.11. The van der Waals surface area contributed by atoms with E-state index in [1.54, 1.807) is 6.92 Å². The number of carbonyl (C=O) groups excluding carboxylic acids is 6. The summed E-state index contributed by atoms with van der Waals surface area (Å²) in [6, 6.07) is 4.43. The van der Waals surface area contributed by atoms with E-state index in [9.17, 15) is 28.8 Å². The maximum absolute atomic E-state index is 13.4. The smallest absolute Gasteiger partial charge is 0.243 e. The highest BCUT2D eigenvalue weighted by atomic mass is 32.2. The molecule has 0 aliphatic carbocycles. The largest absolute Gasteiger partial charge is 0.368 e. The van der Waals surface area contributed by atoms with Crippen LogP contribution in [0, 0.1) is 5.92 Å². The SMILES string of the molecule is CCC(C)[C@H](NC(=O)[C@H](Cc1ccccc1)NC(=O)[C@H](C)N)C(=O)NCC(=O)N[C@@H](CCSC)C(=O)N[C@@H](CCSC)C(N)=O. The molecule has 1 aromatic carbocycles. The van der Waals surface area contributed by atoms with E-state index in [2.05, 4.69) is 26.6 Å². The molecule has 45 heavy (non-hydrogen) atoms. The van der Waals surface area contributed by atoms with Gasteiger partial charge in [0.1, 0.15) is 24.2 Å². The van der Waals surface area contributed by atoms with Crippen molar-refractivity contribution in [3.63, 3.8) is 0 Å². The minimum Gasteiger partial charge on any atom is -0.368 e. The molecule has 1 unspecified atom stereocenters. The van der Waals surface area contributed by atoms with Crippen molar-refractivity contribution in [2.75, 3.05) is 30.6 Å². The van der Waals surface area contributed by atoms with E-state index >= 15 is 0 Å². The predicted octanol–water partition coefficient (Wildman–Crippen LogP) is -0.331. The van der Waals surface area contributed by atoms with E-state index in [1.807, 2.05) is 49.8 Å². The van der Waals surface area contributed by atoms with Crippen LogP contribution in [0.4, 0.5) is 0 Å². The van der Waals surface area contributed by atoms with Gasteiger partial charge in [0.15, 0.2) is 0 Å². The summed E-state index contributed by atoms with van der Waals surface area (Å²) in [7, 11) is 0. The molecule has 0 bridgehead atoms. The van der Waals surface area contributed by atoms with Gasteiger partial charge < -0.3 is 38.1 Å². The zero-order valence-corrected chi connectivity index (χ0v) is 28.4. The second-order valence-electron chi connectivity index (χ2n) is 10.8. The Labute approximate surface area is 274 Å². The number of benzene rings is 1. The summed E-state index contributed by atoms with van der Waals surface area (Å²) in [6.45, 7) is 4.69. The van der Waals surface area contributed by atoms with Crippen LogP contribution in [0.15, 0.2) is 30.3 Å². The summed E-state index contributed by atoms with van der Waals surface area (Å²) in [5, 5.41) is 13.2.